The summed E-state index contributed by atoms with van der Waals surface area (Å²) in [6.07, 6.45) is 9.68. The molecular weight excluding hydrogens is 352 g/mol. The summed E-state index contributed by atoms with van der Waals surface area (Å²) in [6, 6.07) is 5.70. The zero-order valence-corrected chi connectivity index (χ0v) is 15.8. The lowest BCUT2D eigenvalue weighted by Gasteiger charge is -2.17. The summed E-state index contributed by atoms with van der Waals surface area (Å²) < 4.78 is 13.3. The molecule has 1 aromatic heterocycles. The summed E-state index contributed by atoms with van der Waals surface area (Å²) in [5.74, 6) is 1.22. The fourth-order valence-electron chi connectivity index (χ4n) is 3.06. The minimum atomic E-state index is -0.236. The molecule has 0 spiro atoms. The number of nitrogens with zero attached hydrogens (tertiary/aromatic N) is 2. The van der Waals surface area contributed by atoms with Gasteiger partial charge in [0.05, 0.1) is 17.7 Å². The molecular formula is C20H23ClN2O3. The molecule has 1 aliphatic carbocycles. The van der Waals surface area contributed by atoms with Crippen LogP contribution in [-0.4, -0.2) is 28.3 Å². The van der Waals surface area contributed by atoms with Crippen molar-refractivity contribution in [2.75, 3.05) is 6.61 Å². The number of carbonyl (C=O) groups excluding carboxylic acids is 1. The quantitative estimate of drug-likeness (QED) is 0.521. The Labute approximate surface area is 158 Å². The van der Waals surface area contributed by atoms with Gasteiger partial charge in [-0.05, 0) is 56.4 Å². The number of ether oxygens (including phenoxy) is 2. The first-order valence-corrected chi connectivity index (χ1v) is 9.29. The topological polar surface area (TPSA) is 53.3 Å². The van der Waals surface area contributed by atoms with Gasteiger partial charge in [-0.25, -0.2) is 0 Å². The number of hydrogen-bond acceptors (Lipinski definition) is 4. The normalized spacial score (nSPS) is 14.9. The Kier molecular flexibility index (Phi) is 5.99. The molecule has 26 heavy (non-hydrogen) atoms. The van der Waals surface area contributed by atoms with Crippen LogP contribution in [0, 0.1) is 0 Å². The van der Waals surface area contributed by atoms with Gasteiger partial charge in [-0.2, -0.15) is 5.10 Å². The Morgan fingerprint density at radius 2 is 2.12 bits per heavy atom. The molecule has 1 aromatic carbocycles. The molecule has 0 radical (unpaired) electrons. The van der Waals surface area contributed by atoms with Crippen molar-refractivity contribution in [1.82, 2.24) is 9.78 Å². The van der Waals surface area contributed by atoms with Gasteiger partial charge < -0.3 is 9.47 Å². The Bertz CT molecular complexity index is 807. The van der Waals surface area contributed by atoms with E-state index in [1.54, 1.807) is 19.3 Å². The first kappa shape index (κ1) is 18.5. The van der Waals surface area contributed by atoms with Crippen molar-refractivity contribution in [3.8, 4) is 11.5 Å². The second-order valence-electron chi connectivity index (χ2n) is 6.36. The monoisotopic (exact) mass is 374 g/mol. The van der Waals surface area contributed by atoms with Crippen molar-refractivity contribution < 1.29 is 14.3 Å². The predicted molar refractivity (Wildman–Crippen MR) is 102 cm³/mol. The van der Waals surface area contributed by atoms with Crippen molar-refractivity contribution in [2.45, 2.75) is 38.7 Å². The third-order valence-corrected chi connectivity index (χ3v) is 4.58. The standard InChI is InChI=1S/C20H23ClN2O3/c1-3-25-19-12-14(9-11-18(19)26-15-6-4-5-7-15)8-10-17(24)20-16(21)13-23(2)22-20/h8-13,15H,3-7H2,1-2H3/b10-8+. The highest BCUT2D eigenvalue weighted by Crippen LogP contribution is 2.33. The zero-order chi connectivity index (χ0) is 18.5. The predicted octanol–water partition coefficient (Wildman–Crippen LogP) is 4.69. The van der Waals surface area contributed by atoms with Gasteiger partial charge in [0.2, 0.25) is 5.78 Å². The van der Waals surface area contributed by atoms with Crippen LogP contribution >= 0.6 is 11.6 Å². The maximum absolute atomic E-state index is 12.3. The van der Waals surface area contributed by atoms with Crippen LogP contribution in [0.2, 0.25) is 5.02 Å². The van der Waals surface area contributed by atoms with E-state index in [4.69, 9.17) is 21.1 Å². The SMILES string of the molecule is CCOc1cc(/C=C/C(=O)c2nn(C)cc2Cl)ccc1OC1CCCC1. The number of aryl methyl sites for hydroxylation is 1. The van der Waals surface area contributed by atoms with Crippen LogP contribution in [0.15, 0.2) is 30.5 Å². The van der Waals surface area contributed by atoms with Gasteiger partial charge in [-0.15, -0.1) is 0 Å². The molecule has 138 valence electrons. The number of allylic oxidation sites excluding steroid dienone is 1. The van der Waals surface area contributed by atoms with Crippen LogP contribution < -0.4 is 9.47 Å². The Hall–Kier alpha value is -2.27. The minimum Gasteiger partial charge on any atom is -0.490 e. The highest BCUT2D eigenvalue weighted by Gasteiger charge is 2.18. The molecule has 0 amide bonds. The number of aromatic nitrogens is 2. The summed E-state index contributed by atoms with van der Waals surface area (Å²) >= 11 is 6.02. The van der Waals surface area contributed by atoms with Crippen LogP contribution in [0.5, 0.6) is 11.5 Å². The molecule has 0 atom stereocenters. The number of rotatable bonds is 7. The molecule has 5 nitrogen and oxygen atoms in total. The van der Waals surface area contributed by atoms with Gasteiger partial charge in [-0.3, -0.25) is 9.48 Å². The molecule has 1 fully saturated rings. The summed E-state index contributed by atoms with van der Waals surface area (Å²) in [5, 5.41) is 4.43. The first-order chi connectivity index (χ1) is 12.6. The van der Waals surface area contributed by atoms with Gasteiger partial charge >= 0.3 is 0 Å². The van der Waals surface area contributed by atoms with E-state index in [2.05, 4.69) is 5.10 Å². The molecule has 0 aliphatic heterocycles. The maximum Gasteiger partial charge on any atom is 0.207 e. The van der Waals surface area contributed by atoms with Crippen molar-refractivity contribution in [1.29, 1.82) is 0 Å². The van der Waals surface area contributed by atoms with Gasteiger partial charge in [-0.1, -0.05) is 23.7 Å². The zero-order valence-electron chi connectivity index (χ0n) is 15.1. The van der Waals surface area contributed by atoms with Crippen LogP contribution in [-0.2, 0) is 7.05 Å². The van der Waals surface area contributed by atoms with Crippen LogP contribution in [0.4, 0.5) is 0 Å². The van der Waals surface area contributed by atoms with E-state index >= 15 is 0 Å². The average molecular weight is 375 g/mol. The van der Waals surface area contributed by atoms with Gasteiger partial charge in [0.1, 0.15) is 0 Å². The summed E-state index contributed by atoms with van der Waals surface area (Å²) in [4.78, 5) is 12.3. The third-order valence-electron chi connectivity index (χ3n) is 4.31. The van der Waals surface area contributed by atoms with Crippen LogP contribution in [0.25, 0.3) is 6.08 Å². The smallest absolute Gasteiger partial charge is 0.207 e. The average Bonchev–Trinajstić information content (AvgIpc) is 3.24. The number of carbonyl (C=O) groups is 1. The number of halogens is 1. The Morgan fingerprint density at radius 1 is 1.35 bits per heavy atom. The number of benzene rings is 1. The van der Waals surface area contributed by atoms with E-state index in [0.717, 1.165) is 24.2 Å². The summed E-state index contributed by atoms with van der Waals surface area (Å²) in [7, 11) is 1.73. The van der Waals surface area contributed by atoms with E-state index < -0.39 is 0 Å². The highest BCUT2D eigenvalue weighted by molar-refractivity contribution is 6.34. The molecule has 1 aliphatic rings. The molecule has 1 saturated carbocycles. The second kappa shape index (κ2) is 8.41. The lowest BCUT2D eigenvalue weighted by molar-refractivity contribution is 0.104. The van der Waals surface area contributed by atoms with Gasteiger partial charge in [0.25, 0.3) is 0 Å². The fourth-order valence-corrected chi connectivity index (χ4v) is 3.33. The largest absolute Gasteiger partial charge is 0.490 e. The molecule has 2 aromatic rings. The summed E-state index contributed by atoms with van der Waals surface area (Å²) in [5.41, 5.74) is 1.10. The lowest BCUT2D eigenvalue weighted by atomic mass is 10.1. The Balaban J connectivity index is 1.75. The molecule has 0 N–H and O–H groups in total. The third kappa shape index (κ3) is 4.47. The van der Waals surface area contributed by atoms with Crippen molar-refractivity contribution in [3.63, 3.8) is 0 Å². The highest BCUT2D eigenvalue weighted by atomic mass is 35.5. The van der Waals surface area contributed by atoms with E-state index in [-0.39, 0.29) is 17.6 Å². The first-order valence-electron chi connectivity index (χ1n) is 8.92. The molecule has 6 heteroatoms. The molecule has 0 bridgehead atoms. The van der Waals surface area contributed by atoms with Crippen LogP contribution in [0.3, 0.4) is 0 Å². The minimum absolute atomic E-state index is 0.236. The molecule has 0 saturated heterocycles. The van der Waals surface area contributed by atoms with Crippen LogP contribution in [0.1, 0.15) is 48.7 Å². The lowest BCUT2D eigenvalue weighted by Crippen LogP contribution is -2.11. The maximum atomic E-state index is 12.3. The summed E-state index contributed by atoms with van der Waals surface area (Å²) in [6.45, 7) is 2.49. The number of hydrogen-bond donors (Lipinski definition) is 0. The van der Waals surface area contributed by atoms with Crippen molar-refractivity contribution in [3.05, 3.63) is 46.8 Å². The van der Waals surface area contributed by atoms with E-state index in [1.807, 2.05) is 25.1 Å². The number of ketones is 1. The molecule has 0 unspecified atom stereocenters. The fraction of sp³-hybridized carbons (Fsp3) is 0.400. The second-order valence-corrected chi connectivity index (χ2v) is 6.77. The van der Waals surface area contributed by atoms with Gasteiger partial charge in [0.15, 0.2) is 17.2 Å². The van der Waals surface area contributed by atoms with E-state index in [1.165, 1.54) is 23.6 Å². The van der Waals surface area contributed by atoms with Crippen molar-refractivity contribution in [2.24, 2.45) is 7.05 Å². The molecule has 1 heterocycles. The molecule has 3 rings (SSSR count). The van der Waals surface area contributed by atoms with E-state index in [0.29, 0.717) is 17.4 Å². The van der Waals surface area contributed by atoms with Gasteiger partial charge in [0, 0.05) is 13.2 Å². The van der Waals surface area contributed by atoms with Crippen molar-refractivity contribution >= 4 is 23.5 Å². The van der Waals surface area contributed by atoms with E-state index in [9.17, 15) is 4.79 Å². The Morgan fingerprint density at radius 3 is 2.77 bits per heavy atom.